The summed E-state index contributed by atoms with van der Waals surface area (Å²) in [6, 6.07) is 8.17. The van der Waals surface area contributed by atoms with Crippen molar-refractivity contribution in [3.8, 4) is 0 Å². The molecule has 3 aliphatic heterocycles. The first-order chi connectivity index (χ1) is 14.6. The molecule has 7 nitrogen and oxygen atoms in total. The minimum atomic E-state index is -0.143. The number of rotatable bonds is 5. The zero-order valence-corrected chi connectivity index (χ0v) is 17.6. The van der Waals surface area contributed by atoms with Gasteiger partial charge in [0.1, 0.15) is 0 Å². The van der Waals surface area contributed by atoms with E-state index in [1.807, 2.05) is 32.9 Å². The molecule has 3 aliphatic rings. The highest BCUT2D eigenvalue weighted by molar-refractivity contribution is 5.81. The number of benzene rings is 1. The van der Waals surface area contributed by atoms with Crippen LogP contribution >= 0.6 is 0 Å². The summed E-state index contributed by atoms with van der Waals surface area (Å²) < 4.78 is 0. The molecule has 1 aromatic rings. The van der Waals surface area contributed by atoms with Crippen molar-refractivity contribution in [2.75, 3.05) is 32.7 Å². The van der Waals surface area contributed by atoms with Crippen LogP contribution in [0.3, 0.4) is 0 Å². The van der Waals surface area contributed by atoms with Crippen LogP contribution < -0.4 is 5.32 Å². The zero-order chi connectivity index (χ0) is 20.9. The van der Waals surface area contributed by atoms with E-state index in [4.69, 9.17) is 0 Å². The number of urea groups is 1. The third-order valence-electron chi connectivity index (χ3n) is 6.44. The van der Waals surface area contributed by atoms with Crippen molar-refractivity contribution in [2.45, 2.75) is 51.6 Å². The molecule has 1 unspecified atom stereocenters. The van der Waals surface area contributed by atoms with Crippen LogP contribution in [-0.2, 0) is 22.7 Å². The molecule has 0 saturated carbocycles. The fourth-order valence-corrected chi connectivity index (χ4v) is 4.74. The summed E-state index contributed by atoms with van der Waals surface area (Å²) >= 11 is 0. The lowest BCUT2D eigenvalue weighted by Gasteiger charge is -2.34. The van der Waals surface area contributed by atoms with Crippen molar-refractivity contribution >= 4 is 17.8 Å². The van der Waals surface area contributed by atoms with Crippen LogP contribution in [0.25, 0.3) is 0 Å². The summed E-state index contributed by atoms with van der Waals surface area (Å²) in [5.74, 6) is 0.101. The molecule has 0 spiro atoms. The van der Waals surface area contributed by atoms with Gasteiger partial charge in [0.05, 0.1) is 5.92 Å². The van der Waals surface area contributed by atoms with Gasteiger partial charge in [0, 0.05) is 52.2 Å². The first kappa shape index (κ1) is 20.7. The van der Waals surface area contributed by atoms with E-state index in [9.17, 15) is 14.4 Å². The van der Waals surface area contributed by atoms with Gasteiger partial charge in [0.25, 0.3) is 0 Å². The first-order valence-corrected chi connectivity index (χ1v) is 11.3. The zero-order valence-electron chi connectivity index (χ0n) is 17.6. The molecule has 0 radical (unpaired) electrons. The molecule has 3 fully saturated rings. The Bertz CT molecular complexity index is 790. The van der Waals surface area contributed by atoms with E-state index in [2.05, 4.69) is 11.4 Å². The quantitative estimate of drug-likeness (QED) is 0.807. The van der Waals surface area contributed by atoms with Crippen LogP contribution in [-0.4, -0.2) is 65.3 Å². The number of piperidine rings is 1. The van der Waals surface area contributed by atoms with E-state index < -0.39 is 0 Å². The van der Waals surface area contributed by atoms with E-state index in [0.29, 0.717) is 26.1 Å². The highest BCUT2D eigenvalue weighted by Crippen LogP contribution is 2.20. The highest BCUT2D eigenvalue weighted by Gasteiger charge is 2.31. The number of nitrogens with one attached hydrogen (secondary N) is 1. The molecule has 30 heavy (non-hydrogen) atoms. The Balaban J connectivity index is 1.28. The molecule has 3 heterocycles. The maximum Gasteiger partial charge on any atom is 0.320 e. The molecule has 0 aliphatic carbocycles. The Kier molecular flexibility index (Phi) is 6.55. The van der Waals surface area contributed by atoms with E-state index in [1.54, 1.807) is 0 Å². The molecule has 1 atom stereocenters. The van der Waals surface area contributed by atoms with Gasteiger partial charge in [-0.25, -0.2) is 4.79 Å². The van der Waals surface area contributed by atoms with Gasteiger partial charge in [-0.3, -0.25) is 9.59 Å². The van der Waals surface area contributed by atoms with Crippen LogP contribution in [0.2, 0.25) is 0 Å². The largest absolute Gasteiger partial charge is 0.352 e. The van der Waals surface area contributed by atoms with Crippen LogP contribution in [0, 0.1) is 5.92 Å². The minimum absolute atomic E-state index is 0.0223. The molecule has 0 aromatic heterocycles. The number of nitrogens with zero attached hydrogens (tertiary/aromatic N) is 3. The molecule has 3 saturated heterocycles. The number of carbonyl (C=O) groups is 3. The smallest absolute Gasteiger partial charge is 0.320 e. The SMILES string of the molecule is O=C(NCc1cccc(CN2CCCC2=O)c1)C1CCCN(C(=O)N2CCCC2)C1. The van der Waals surface area contributed by atoms with Crippen molar-refractivity contribution in [3.63, 3.8) is 0 Å². The van der Waals surface area contributed by atoms with Gasteiger partial charge in [0.15, 0.2) is 0 Å². The van der Waals surface area contributed by atoms with Gasteiger partial charge in [-0.2, -0.15) is 0 Å². The summed E-state index contributed by atoms with van der Waals surface area (Å²) in [5.41, 5.74) is 2.13. The third-order valence-corrected chi connectivity index (χ3v) is 6.44. The molecule has 4 rings (SSSR count). The predicted molar refractivity (Wildman–Crippen MR) is 113 cm³/mol. The molecule has 162 valence electrons. The van der Waals surface area contributed by atoms with E-state index >= 15 is 0 Å². The molecular formula is C23H32N4O3. The number of carbonyl (C=O) groups excluding carboxylic acids is 3. The fourth-order valence-electron chi connectivity index (χ4n) is 4.74. The number of amides is 4. The maximum absolute atomic E-state index is 12.8. The van der Waals surface area contributed by atoms with E-state index in [-0.39, 0.29) is 23.8 Å². The molecule has 0 bridgehead atoms. The lowest BCUT2D eigenvalue weighted by atomic mass is 9.97. The standard InChI is InChI=1S/C23H32N4O3/c28-21-9-5-12-26(21)16-19-7-3-6-18(14-19)15-24-22(29)20-8-4-13-27(17-20)23(30)25-10-1-2-11-25/h3,6-7,14,20H,1-2,4-5,8-13,15-17H2,(H,24,29). The van der Waals surface area contributed by atoms with E-state index in [1.165, 1.54) is 0 Å². The fraction of sp³-hybridized carbons (Fsp3) is 0.609. The Hall–Kier alpha value is -2.57. The Morgan fingerprint density at radius 1 is 0.967 bits per heavy atom. The molecular weight excluding hydrogens is 380 g/mol. The third kappa shape index (κ3) is 4.94. The summed E-state index contributed by atoms with van der Waals surface area (Å²) in [5, 5.41) is 3.06. The summed E-state index contributed by atoms with van der Waals surface area (Å²) in [4.78, 5) is 42.9. The number of likely N-dealkylation sites (tertiary alicyclic amines) is 3. The molecule has 1 N–H and O–H groups in total. The Morgan fingerprint density at radius 3 is 2.50 bits per heavy atom. The lowest BCUT2D eigenvalue weighted by Crippen LogP contribution is -2.49. The average molecular weight is 413 g/mol. The topological polar surface area (TPSA) is 73.0 Å². The van der Waals surface area contributed by atoms with Crippen LogP contribution in [0.1, 0.15) is 49.7 Å². The molecule has 4 amide bonds. The lowest BCUT2D eigenvalue weighted by molar-refractivity contribution is -0.128. The number of hydrogen-bond donors (Lipinski definition) is 1. The Morgan fingerprint density at radius 2 is 1.73 bits per heavy atom. The van der Waals surface area contributed by atoms with Crippen LogP contribution in [0.4, 0.5) is 4.79 Å². The van der Waals surface area contributed by atoms with Crippen molar-refractivity contribution < 1.29 is 14.4 Å². The summed E-state index contributed by atoms with van der Waals surface area (Å²) in [7, 11) is 0. The second-order valence-corrected chi connectivity index (χ2v) is 8.72. The van der Waals surface area contributed by atoms with Crippen LogP contribution in [0.15, 0.2) is 24.3 Å². The molecule has 1 aromatic carbocycles. The monoisotopic (exact) mass is 412 g/mol. The van der Waals surface area contributed by atoms with Gasteiger partial charge in [-0.05, 0) is 43.2 Å². The van der Waals surface area contributed by atoms with Crippen molar-refractivity contribution in [3.05, 3.63) is 35.4 Å². The summed E-state index contributed by atoms with van der Waals surface area (Å²) in [6.07, 6.45) is 5.44. The average Bonchev–Trinajstić information content (AvgIpc) is 3.44. The van der Waals surface area contributed by atoms with Gasteiger partial charge in [-0.15, -0.1) is 0 Å². The normalized spacial score (nSPS) is 21.9. The first-order valence-electron chi connectivity index (χ1n) is 11.3. The van der Waals surface area contributed by atoms with Gasteiger partial charge >= 0.3 is 6.03 Å². The van der Waals surface area contributed by atoms with Gasteiger partial charge in [0.2, 0.25) is 11.8 Å². The minimum Gasteiger partial charge on any atom is -0.352 e. The van der Waals surface area contributed by atoms with E-state index in [0.717, 1.165) is 69.4 Å². The van der Waals surface area contributed by atoms with Gasteiger partial charge in [-0.1, -0.05) is 24.3 Å². The van der Waals surface area contributed by atoms with Crippen molar-refractivity contribution in [2.24, 2.45) is 5.92 Å². The summed E-state index contributed by atoms with van der Waals surface area (Å²) in [6.45, 7) is 4.87. The second-order valence-electron chi connectivity index (χ2n) is 8.72. The predicted octanol–water partition coefficient (Wildman–Crippen LogP) is 2.35. The molecule has 7 heteroatoms. The van der Waals surface area contributed by atoms with Crippen LogP contribution in [0.5, 0.6) is 0 Å². The second kappa shape index (κ2) is 9.49. The number of hydrogen-bond acceptors (Lipinski definition) is 3. The van der Waals surface area contributed by atoms with Gasteiger partial charge < -0.3 is 20.0 Å². The highest BCUT2D eigenvalue weighted by atomic mass is 16.2. The van der Waals surface area contributed by atoms with Crippen molar-refractivity contribution in [1.82, 2.24) is 20.0 Å². The van der Waals surface area contributed by atoms with Crippen molar-refractivity contribution in [1.29, 1.82) is 0 Å². The maximum atomic E-state index is 12.8. The Labute approximate surface area is 178 Å².